The van der Waals surface area contributed by atoms with E-state index in [-0.39, 0.29) is 30.2 Å². The van der Waals surface area contributed by atoms with E-state index in [4.69, 9.17) is 45.3 Å². The Kier molecular flexibility index (Phi) is 27.9. The molecule has 170 valence electrons. The SMILES string of the molecule is CCN.CCN1CC(=O)NC1=O.NC(=O)NC(=O)CCl.NC(N)=O.O=C(Cl)CCl. The number of alkyl halides is 2. The van der Waals surface area contributed by atoms with E-state index >= 15 is 0 Å². The highest BCUT2D eigenvalue weighted by Crippen LogP contribution is 1.95. The average molecular weight is 483 g/mol. The zero-order valence-corrected chi connectivity index (χ0v) is 18.1. The molecule has 0 bridgehead atoms. The van der Waals surface area contributed by atoms with E-state index in [0.717, 1.165) is 6.54 Å². The van der Waals surface area contributed by atoms with Crippen LogP contribution in [0.25, 0.3) is 0 Å². The van der Waals surface area contributed by atoms with Crippen molar-refractivity contribution in [3.63, 3.8) is 0 Å². The van der Waals surface area contributed by atoms with Crippen LogP contribution in [0.15, 0.2) is 0 Å². The van der Waals surface area contributed by atoms with Crippen molar-refractivity contribution in [3.05, 3.63) is 0 Å². The molecule has 0 radical (unpaired) electrons. The minimum absolute atomic E-state index is 0.0957. The molecular formula is C13H26Cl3N7O6. The molecule has 0 aliphatic carbocycles. The van der Waals surface area contributed by atoms with Crippen molar-refractivity contribution in [1.82, 2.24) is 15.5 Å². The lowest BCUT2D eigenvalue weighted by molar-refractivity contribution is -0.118. The number of primary amides is 3. The van der Waals surface area contributed by atoms with Gasteiger partial charge in [0.15, 0.2) is 0 Å². The normalized spacial score (nSPS) is 10.8. The third kappa shape index (κ3) is 37.2. The Morgan fingerprint density at radius 2 is 1.45 bits per heavy atom. The van der Waals surface area contributed by atoms with Gasteiger partial charge in [0.2, 0.25) is 17.1 Å². The number of likely N-dealkylation sites (N-methyl/N-ethyl adjacent to an activating group) is 1. The van der Waals surface area contributed by atoms with Crippen molar-refractivity contribution in [2.24, 2.45) is 22.9 Å². The van der Waals surface area contributed by atoms with Gasteiger partial charge in [0.25, 0.3) is 0 Å². The van der Waals surface area contributed by atoms with Crippen LogP contribution >= 0.6 is 34.8 Å². The fourth-order valence-corrected chi connectivity index (χ4v) is 0.976. The third-order valence-electron chi connectivity index (χ3n) is 1.74. The second kappa shape index (κ2) is 23.7. The van der Waals surface area contributed by atoms with Crippen LogP contribution in [0.4, 0.5) is 14.4 Å². The lowest BCUT2D eigenvalue weighted by Crippen LogP contribution is -2.35. The number of carbonyl (C=O) groups is 6. The van der Waals surface area contributed by atoms with Gasteiger partial charge in [0.1, 0.15) is 12.4 Å². The van der Waals surface area contributed by atoms with Crippen molar-refractivity contribution < 1.29 is 28.8 Å². The fraction of sp³-hybridized carbons (Fsp3) is 0.538. The summed E-state index contributed by atoms with van der Waals surface area (Å²) in [5, 5.41) is 3.42. The number of carbonyl (C=O) groups excluding carboxylic acids is 6. The molecule has 1 aliphatic rings. The minimum Gasteiger partial charge on any atom is -0.352 e. The molecule has 13 nitrogen and oxygen atoms in total. The van der Waals surface area contributed by atoms with Crippen LogP contribution in [0.2, 0.25) is 0 Å². The molecule has 0 aromatic rings. The maximum Gasteiger partial charge on any atom is 0.324 e. The number of nitrogens with one attached hydrogen (secondary N) is 2. The molecule has 0 unspecified atom stereocenters. The number of hydrogen-bond acceptors (Lipinski definition) is 7. The first-order valence-electron chi connectivity index (χ1n) is 7.55. The number of imide groups is 2. The van der Waals surface area contributed by atoms with Crippen LogP contribution in [0.5, 0.6) is 0 Å². The molecule has 1 saturated heterocycles. The van der Waals surface area contributed by atoms with Gasteiger partial charge in [-0.25, -0.2) is 14.4 Å². The summed E-state index contributed by atoms with van der Waals surface area (Å²) in [7, 11) is 0. The monoisotopic (exact) mass is 481 g/mol. The summed E-state index contributed by atoms with van der Waals surface area (Å²) in [4.78, 5) is 60.8. The summed E-state index contributed by atoms with van der Waals surface area (Å²) in [6.07, 6.45) is 0. The van der Waals surface area contributed by atoms with E-state index in [2.05, 4.69) is 22.5 Å². The number of amides is 8. The molecule has 0 spiro atoms. The first-order valence-corrected chi connectivity index (χ1v) is 9.00. The standard InChI is InChI=1S/C5H8N2O2.C3H5ClN2O2.C2H2Cl2O.C2H7N.CH4N2O/c1-2-7-3-4(8)6-5(7)9;4-1-2(7)6-3(5)8;3-1-2(4)5;1-2-3;2-1(3)4/h2-3H2,1H3,(H,6,8,9);1H2,(H3,5,6,7,8);1H2;2-3H2,1H3;(H4,2,3,4). The molecule has 8 amide bonds. The lowest BCUT2D eigenvalue weighted by Gasteiger charge is -2.06. The van der Waals surface area contributed by atoms with Gasteiger partial charge in [0, 0.05) is 6.54 Å². The Morgan fingerprint density at radius 1 is 1.07 bits per heavy atom. The van der Waals surface area contributed by atoms with Gasteiger partial charge >= 0.3 is 18.1 Å². The van der Waals surface area contributed by atoms with E-state index in [1.54, 1.807) is 5.32 Å². The summed E-state index contributed by atoms with van der Waals surface area (Å²) in [5.74, 6) is -1.13. The zero-order chi connectivity index (χ0) is 24.0. The Labute approximate surface area is 182 Å². The predicted molar refractivity (Wildman–Crippen MR) is 109 cm³/mol. The molecule has 0 atom stereocenters. The maximum absolute atomic E-state index is 10.6. The van der Waals surface area contributed by atoms with Gasteiger partial charge in [-0.1, -0.05) is 6.92 Å². The Morgan fingerprint density at radius 3 is 1.55 bits per heavy atom. The molecular weight excluding hydrogens is 457 g/mol. The van der Waals surface area contributed by atoms with E-state index in [9.17, 15) is 24.0 Å². The molecule has 1 fully saturated rings. The van der Waals surface area contributed by atoms with E-state index in [0.29, 0.717) is 6.54 Å². The number of hydrogen-bond donors (Lipinski definition) is 6. The second-order valence-electron chi connectivity index (χ2n) is 4.21. The molecule has 16 heteroatoms. The first-order chi connectivity index (χ1) is 13.3. The first kappa shape index (κ1) is 34.2. The zero-order valence-electron chi connectivity index (χ0n) is 15.9. The van der Waals surface area contributed by atoms with Crippen molar-refractivity contribution in [3.8, 4) is 0 Å². The smallest absolute Gasteiger partial charge is 0.324 e. The van der Waals surface area contributed by atoms with Gasteiger partial charge in [-0.3, -0.25) is 25.0 Å². The summed E-state index contributed by atoms with van der Waals surface area (Å²) >= 11 is 14.5. The molecule has 0 saturated carbocycles. The summed E-state index contributed by atoms with van der Waals surface area (Å²) in [5.41, 5.74) is 17.9. The maximum atomic E-state index is 10.6. The lowest BCUT2D eigenvalue weighted by atomic mass is 10.6. The van der Waals surface area contributed by atoms with Crippen LogP contribution in [-0.4, -0.2) is 71.4 Å². The summed E-state index contributed by atoms with van der Waals surface area (Å²) < 4.78 is 0. The minimum atomic E-state index is -0.879. The number of halogens is 3. The van der Waals surface area contributed by atoms with Crippen molar-refractivity contribution in [1.29, 1.82) is 0 Å². The van der Waals surface area contributed by atoms with E-state index < -0.39 is 23.2 Å². The molecule has 10 N–H and O–H groups in total. The Hall–Kier alpha value is -2.35. The van der Waals surface area contributed by atoms with Gasteiger partial charge in [-0.15, -0.1) is 23.2 Å². The predicted octanol–water partition coefficient (Wildman–Crippen LogP) is -1.04. The fourth-order valence-electron chi connectivity index (χ4n) is 0.909. The van der Waals surface area contributed by atoms with Crippen LogP contribution in [0.1, 0.15) is 13.8 Å². The van der Waals surface area contributed by atoms with Gasteiger partial charge < -0.3 is 27.8 Å². The molecule has 29 heavy (non-hydrogen) atoms. The molecule has 1 heterocycles. The molecule has 1 aliphatic heterocycles. The Balaban J connectivity index is -0.000000143. The van der Waals surface area contributed by atoms with Gasteiger partial charge in [-0.05, 0) is 25.1 Å². The number of nitrogens with two attached hydrogens (primary N) is 4. The number of urea groups is 3. The molecule has 1 rings (SSSR count). The molecule has 0 aromatic carbocycles. The van der Waals surface area contributed by atoms with Crippen molar-refractivity contribution >= 4 is 70.0 Å². The largest absolute Gasteiger partial charge is 0.352 e. The second-order valence-corrected chi connectivity index (χ2v) is 5.17. The highest BCUT2D eigenvalue weighted by atomic mass is 35.5. The highest BCUT2D eigenvalue weighted by Gasteiger charge is 2.24. The van der Waals surface area contributed by atoms with Gasteiger partial charge in [-0.2, -0.15) is 0 Å². The number of rotatable bonds is 3. The van der Waals surface area contributed by atoms with Crippen molar-refractivity contribution in [2.75, 3.05) is 31.4 Å². The highest BCUT2D eigenvalue weighted by molar-refractivity contribution is 6.67. The van der Waals surface area contributed by atoms with Crippen LogP contribution in [0.3, 0.4) is 0 Å². The molecule has 0 aromatic heterocycles. The Bertz CT molecular complexity index is 533. The number of nitrogens with zero attached hydrogens (tertiary/aromatic N) is 1. The van der Waals surface area contributed by atoms with E-state index in [1.807, 2.05) is 13.8 Å². The van der Waals surface area contributed by atoms with Crippen LogP contribution in [-0.2, 0) is 14.4 Å². The van der Waals surface area contributed by atoms with Crippen LogP contribution in [0, 0.1) is 0 Å². The average Bonchev–Trinajstić information content (AvgIpc) is 2.93. The third-order valence-corrected chi connectivity index (χ3v) is 2.49. The summed E-state index contributed by atoms with van der Waals surface area (Å²) in [6.45, 7) is 5.30. The summed E-state index contributed by atoms with van der Waals surface area (Å²) in [6, 6.07) is -1.99. The van der Waals surface area contributed by atoms with Crippen molar-refractivity contribution in [2.45, 2.75) is 13.8 Å². The van der Waals surface area contributed by atoms with E-state index in [1.165, 1.54) is 4.90 Å². The quantitative estimate of drug-likeness (QED) is 0.166. The van der Waals surface area contributed by atoms with Gasteiger partial charge in [0.05, 0.1) is 5.88 Å². The van der Waals surface area contributed by atoms with Crippen LogP contribution < -0.4 is 33.6 Å². The topological polar surface area (TPSA) is 234 Å².